The summed E-state index contributed by atoms with van der Waals surface area (Å²) in [4.78, 5) is 4.57. The summed E-state index contributed by atoms with van der Waals surface area (Å²) in [6.07, 6.45) is 3.14. The second-order valence-electron chi connectivity index (χ2n) is 4.66. The topological polar surface area (TPSA) is 124 Å². The summed E-state index contributed by atoms with van der Waals surface area (Å²) in [5.74, 6) is 0.384. The van der Waals surface area contributed by atoms with E-state index in [1.54, 1.807) is 24.4 Å². The Balaban J connectivity index is 2.03. The second-order valence-corrected chi connectivity index (χ2v) is 4.66. The van der Waals surface area contributed by atoms with Crippen LogP contribution in [0.1, 0.15) is 0 Å². The number of nitrogens with zero attached hydrogens (tertiary/aromatic N) is 4. The van der Waals surface area contributed by atoms with Gasteiger partial charge in [-0.3, -0.25) is 4.98 Å². The van der Waals surface area contributed by atoms with E-state index in [1.165, 1.54) is 18.3 Å². The van der Waals surface area contributed by atoms with Gasteiger partial charge in [-0.15, -0.1) is 0 Å². The minimum Gasteiger partial charge on any atom is -0.739 e. The van der Waals surface area contributed by atoms with Gasteiger partial charge in [0, 0.05) is 24.9 Å². The predicted molar refractivity (Wildman–Crippen MR) is 80.2 cm³/mol. The van der Waals surface area contributed by atoms with E-state index in [4.69, 9.17) is 10.5 Å². The van der Waals surface area contributed by atoms with Crippen molar-refractivity contribution >= 4 is 22.7 Å². The van der Waals surface area contributed by atoms with Gasteiger partial charge in [0.15, 0.2) is 5.52 Å². The molecule has 118 valence electrons. The third-order valence-electron chi connectivity index (χ3n) is 3.07. The number of pyridine rings is 1. The van der Waals surface area contributed by atoms with Crippen molar-refractivity contribution in [2.75, 3.05) is 18.5 Å². The Kier molecular flexibility index (Phi) is 4.02. The minimum atomic E-state index is -0.0935. The number of hydrogen-bond acceptors (Lipinski definition) is 7. The van der Waals surface area contributed by atoms with Gasteiger partial charge in [0.05, 0.1) is 6.20 Å². The molecule has 0 radical (unpaired) electrons. The van der Waals surface area contributed by atoms with Crippen LogP contribution < -0.4 is 25.4 Å². The summed E-state index contributed by atoms with van der Waals surface area (Å²) < 4.78 is 5.97. The molecule has 1 aromatic carbocycles. The van der Waals surface area contributed by atoms with Crippen LogP contribution in [0.15, 0.2) is 42.7 Å². The van der Waals surface area contributed by atoms with Gasteiger partial charge in [-0.1, -0.05) is 0 Å². The molecule has 9 nitrogen and oxygen atoms in total. The molecule has 0 aliphatic carbocycles. The molecule has 23 heavy (non-hydrogen) atoms. The van der Waals surface area contributed by atoms with Crippen LogP contribution in [-0.4, -0.2) is 28.4 Å². The Morgan fingerprint density at radius 3 is 2.91 bits per heavy atom. The summed E-state index contributed by atoms with van der Waals surface area (Å²) in [6.45, 7) is 0.689. The van der Waals surface area contributed by atoms with Gasteiger partial charge in [0.1, 0.15) is 18.0 Å². The molecule has 0 aliphatic heterocycles. The lowest BCUT2D eigenvalue weighted by Crippen LogP contribution is -2.45. The Morgan fingerprint density at radius 2 is 2.17 bits per heavy atom. The molecule has 0 atom stereocenters. The van der Waals surface area contributed by atoms with E-state index in [1.807, 2.05) is 0 Å². The molecule has 3 rings (SSSR count). The lowest BCUT2D eigenvalue weighted by Gasteiger charge is -2.09. The van der Waals surface area contributed by atoms with Crippen LogP contribution in [-0.2, 0) is 0 Å². The van der Waals surface area contributed by atoms with Gasteiger partial charge in [0.25, 0.3) is 0 Å². The van der Waals surface area contributed by atoms with Gasteiger partial charge in [-0.25, -0.2) is 15.3 Å². The van der Waals surface area contributed by atoms with Crippen LogP contribution in [0.2, 0.25) is 0 Å². The maximum Gasteiger partial charge on any atom is 0.469 e. The van der Waals surface area contributed by atoms with Crippen LogP contribution in [0.4, 0.5) is 11.6 Å². The zero-order valence-electron chi connectivity index (χ0n) is 12.1. The Labute approximate surface area is 131 Å². The molecule has 4 N–H and O–H groups in total. The van der Waals surface area contributed by atoms with E-state index in [0.717, 1.165) is 0 Å². The fourth-order valence-electron chi connectivity index (χ4n) is 2.04. The van der Waals surface area contributed by atoms with Gasteiger partial charge >= 0.3 is 11.5 Å². The fraction of sp³-hybridized carbons (Fsp3) is 0.143. The quantitative estimate of drug-likeness (QED) is 0.340. The SMILES string of the molecule is NCCOc1ccc2c(c1)[n+]([O-])c(Nc1cccnc1)n[n+]2O. The normalized spacial score (nSPS) is 10.7. The maximum absolute atomic E-state index is 12.5. The summed E-state index contributed by atoms with van der Waals surface area (Å²) in [5, 5.41) is 29.0. The van der Waals surface area contributed by atoms with E-state index in [0.29, 0.717) is 34.2 Å². The molecule has 0 unspecified atom stereocenters. The van der Waals surface area contributed by atoms with E-state index in [-0.39, 0.29) is 17.0 Å². The number of rotatable bonds is 5. The van der Waals surface area contributed by atoms with Gasteiger partial charge in [0.2, 0.25) is 9.94 Å². The molecule has 3 aromatic rings. The molecule has 0 amide bonds. The van der Waals surface area contributed by atoms with Crippen molar-refractivity contribution in [3.63, 3.8) is 0 Å². The molecule has 0 aliphatic rings. The Bertz CT molecular complexity index is 828. The molecule has 0 spiro atoms. The average Bonchev–Trinajstić information content (AvgIpc) is 2.58. The van der Waals surface area contributed by atoms with Crippen molar-refractivity contribution < 1.29 is 19.5 Å². The van der Waals surface area contributed by atoms with Crippen LogP contribution in [0.5, 0.6) is 5.75 Å². The third kappa shape index (κ3) is 3.04. The molecule has 0 saturated carbocycles. The van der Waals surface area contributed by atoms with Crippen molar-refractivity contribution in [3.8, 4) is 5.75 Å². The van der Waals surface area contributed by atoms with Crippen molar-refractivity contribution in [2.24, 2.45) is 5.73 Å². The first-order valence-corrected chi connectivity index (χ1v) is 6.88. The highest BCUT2D eigenvalue weighted by Crippen LogP contribution is 2.17. The standard InChI is InChI=1S/C14H15N6O3/c15-5-7-23-11-3-4-12-13(8-11)19(21)14(18-20(12)22)17-10-2-1-6-16-9-10/h1-4,6,8-9H,5,7,15H2,(H2,17,18,22)/q+1. The maximum atomic E-state index is 12.5. The fourth-order valence-corrected chi connectivity index (χ4v) is 2.04. The van der Waals surface area contributed by atoms with Crippen molar-refractivity contribution in [3.05, 3.63) is 47.9 Å². The first kappa shape index (κ1) is 14.7. The zero-order valence-corrected chi connectivity index (χ0v) is 12.1. The Hall–Kier alpha value is -3.20. The number of hydrogen-bond donors (Lipinski definition) is 3. The molecule has 0 saturated heterocycles. The van der Waals surface area contributed by atoms with Gasteiger partial charge < -0.3 is 15.7 Å². The number of anilines is 2. The molecular formula is C14H15N6O3+. The van der Waals surface area contributed by atoms with Crippen LogP contribution in [0.25, 0.3) is 11.0 Å². The molecule has 2 heterocycles. The number of nitrogens with two attached hydrogens (primary N) is 1. The highest BCUT2D eigenvalue weighted by atomic mass is 16.5. The number of aromatic nitrogens is 4. The van der Waals surface area contributed by atoms with E-state index >= 15 is 0 Å². The average molecular weight is 315 g/mol. The lowest BCUT2D eigenvalue weighted by molar-refractivity contribution is -0.933. The smallest absolute Gasteiger partial charge is 0.469 e. The summed E-state index contributed by atoms with van der Waals surface area (Å²) in [6, 6.07) is 8.11. The minimum absolute atomic E-state index is 0.0935. The van der Waals surface area contributed by atoms with Crippen molar-refractivity contribution in [1.82, 2.24) is 10.1 Å². The molecule has 2 aromatic heterocycles. The van der Waals surface area contributed by atoms with Crippen LogP contribution in [0.3, 0.4) is 0 Å². The summed E-state index contributed by atoms with van der Waals surface area (Å²) >= 11 is 0. The molecular weight excluding hydrogens is 300 g/mol. The number of fused-ring (bicyclic) bond motifs is 1. The van der Waals surface area contributed by atoms with Crippen LogP contribution in [0, 0.1) is 5.21 Å². The first-order valence-electron chi connectivity index (χ1n) is 6.88. The largest absolute Gasteiger partial charge is 0.739 e. The molecule has 9 heteroatoms. The third-order valence-corrected chi connectivity index (χ3v) is 3.07. The zero-order chi connectivity index (χ0) is 16.2. The number of nitrogens with one attached hydrogen (secondary N) is 1. The predicted octanol–water partition coefficient (Wildman–Crippen LogP) is -0.131. The van der Waals surface area contributed by atoms with E-state index < -0.39 is 0 Å². The number of ether oxygens (including phenoxy) is 1. The van der Waals surface area contributed by atoms with Gasteiger partial charge in [-0.2, -0.15) is 0 Å². The van der Waals surface area contributed by atoms with Crippen LogP contribution >= 0.6 is 0 Å². The van der Waals surface area contributed by atoms with Gasteiger partial charge in [-0.05, 0) is 18.2 Å². The van der Waals surface area contributed by atoms with E-state index in [2.05, 4.69) is 15.4 Å². The second kappa shape index (κ2) is 6.28. The summed E-state index contributed by atoms with van der Waals surface area (Å²) in [5.41, 5.74) is 6.40. The Morgan fingerprint density at radius 1 is 1.30 bits per heavy atom. The molecule has 0 fully saturated rings. The van der Waals surface area contributed by atoms with E-state index in [9.17, 15) is 10.4 Å². The summed E-state index contributed by atoms with van der Waals surface area (Å²) in [7, 11) is 0. The monoisotopic (exact) mass is 315 g/mol. The number of benzene rings is 1. The highest BCUT2D eigenvalue weighted by Gasteiger charge is 2.24. The van der Waals surface area contributed by atoms with Crippen molar-refractivity contribution in [1.29, 1.82) is 0 Å². The lowest BCUT2D eigenvalue weighted by atomic mass is 10.3. The molecule has 0 bridgehead atoms. The van der Waals surface area contributed by atoms with Crippen molar-refractivity contribution in [2.45, 2.75) is 0 Å². The first-order chi connectivity index (χ1) is 11.2. The highest BCUT2D eigenvalue weighted by molar-refractivity contribution is 5.70.